The van der Waals surface area contributed by atoms with Crippen molar-refractivity contribution in [3.05, 3.63) is 0 Å². The molecule has 0 saturated carbocycles. The number of fused-ring (bicyclic) bond motifs is 2. The van der Waals surface area contributed by atoms with Gasteiger partial charge in [0.1, 0.15) is 0 Å². The molecule has 9 heavy (non-hydrogen) atoms. The molecule has 0 aromatic rings. The average molecular weight is 144 g/mol. The van der Waals surface area contributed by atoms with Crippen LogP contribution in [0.15, 0.2) is 0 Å². The van der Waals surface area contributed by atoms with Crippen molar-refractivity contribution in [3.63, 3.8) is 0 Å². The fraction of sp³-hybridized carbons (Fsp3) is 1.00. The first-order valence-corrected chi connectivity index (χ1v) is 4.80. The van der Waals surface area contributed by atoms with Crippen LogP contribution >= 0.6 is 11.8 Å². The van der Waals surface area contributed by atoms with Crippen LogP contribution in [0.3, 0.4) is 0 Å². The second kappa shape index (κ2) is 2.51. The molecule has 2 bridgehead atoms. The lowest BCUT2D eigenvalue weighted by Gasteiger charge is -2.33. The lowest BCUT2D eigenvalue weighted by molar-refractivity contribution is 0.00683. The second-order valence-electron chi connectivity index (χ2n) is 2.92. The molecule has 0 spiro atoms. The van der Waals surface area contributed by atoms with Crippen LogP contribution in [0.2, 0.25) is 0 Å². The summed E-state index contributed by atoms with van der Waals surface area (Å²) in [4.78, 5) is 0. The van der Waals surface area contributed by atoms with Gasteiger partial charge in [0.25, 0.3) is 0 Å². The van der Waals surface area contributed by atoms with E-state index in [0.717, 1.165) is 12.5 Å². The summed E-state index contributed by atoms with van der Waals surface area (Å²) in [5.74, 6) is 3.62. The van der Waals surface area contributed by atoms with E-state index in [1.165, 1.54) is 24.3 Å². The molecule has 2 rings (SSSR count). The van der Waals surface area contributed by atoms with E-state index in [1.807, 2.05) is 0 Å². The zero-order valence-corrected chi connectivity index (χ0v) is 6.32. The maximum absolute atomic E-state index is 5.53. The summed E-state index contributed by atoms with van der Waals surface area (Å²) in [5, 5.41) is 0. The highest BCUT2D eigenvalue weighted by Crippen LogP contribution is 2.30. The van der Waals surface area contributed by atoms with Crippen molar-refractivity contribution in [2.45, 2.75) is 18.9 Å². The van der Waals surface area contributed by atoms with Crippen molar-refractivity contribution in [2.24, 2.45) is 5.92 Å². The Bertz CT molecular complexity index is 85.1. The Balaban J connectivity index is 1.96. The van der Waals surface area contributed by atoms with Crippen molar-refractivity contribution in [1.29, 1.82) is 0 Å². The second-order valence-corrected chi connectivity index (χ2v) is 4.00. The van der Waals surface area contributed by atoms with Crippen molar-refractivity contribution in [3.8, 4) is 0 Å². The third-order valence-corrected chi connectivity index (χ3v) is 3.45. The standard InChI is InChI=1S/C7H12OS/c1-2-8-7-3-6(1)4-9-5-7/h6-7H,1-5H2. The summed E-state index contributed by atoms with van der Waals surface area (Å²) < 4.78 is 5.53. The Labute approximate surface area is 60.2 Å². The largest absolute Gasteiger partial charge is 0.377 e. The Morgan fingerprint density at radius 3 is 3.11 bits per heavy atom. The predicted octanol–water partition coefficient (Wildman–Crippen LogP) is 1.53. The molecular weight excluding hydrogens is 132 g/mol. The molecular formula is C7H12OS. The van der Waals surface area contributed by atoms with E-state index < -0.39 is 0 Å². The summed E-state index contributed by atoms with van der Waals surface area (Å²) >= 11 is 2.06. The van der Waals surface area contributed by atoms with E-state index >= 15 is 0 Å². The Kier molecular flexibility index (Phi) is 1.68. The van der Waals surface area contributed by atoms with Crippen LogP contribution < -0.4 is 0 Å². The third-order valence-electron chi connectivity index (χ3n) is 2.13. The first-order chi connectivity index (χ1) is 4.45. The van der Waals surface area contributed by atoms with E-state index in [9.17, 15) is 0 Å². The number of ether oxygens (including phenoxy) is 1. The molecule has 2 heteroatoms. The lowest BCUT2D eigenvalue weighted by atomic mass is 9.98. The van der Waals surface area contributed by atoms with Crippen molar-refractivity contribution in [1.82, 2.24) is 0 Å². The Hall–Kier alpha value is 0.310. The molecule has 0 radical (unpaired) electrons. The van der Waals surface area contributed by atoms with Crippen LogP contribution in [0.1, 0.15) is 12.8 Å². The molecule has 2 atom stereocenters. The maximum atomic E-state index is 5.53. The summed E-state index contributed by atoms with van der Waals surface area (Å²) in [6.07, 6.45) is 3.26. The van der Waals surface area contributed by atoms with Crippen LogP contribution in [0, 0.1) is 5.92 Å². The molecule has 52 valence electrons. The van der Waals surface area contributed by atoms with Gasteiger partial charge in [-0.2, -0.15) is 11.8 Å². The predicted molar refractivity (Wildman–Crippen MR) is 39.8 cm³/mol. The number of thioether (sulfide) groups is 1. The molecule has 2 heterocycles. The summed E-state index contributed by atoms with van der Waals surface area (Å²) in [6, 6.07) is 0. The van der Waals surface area contributed by atoms with Gasteiger partial charge >= 0.3 is 0 Å². The van der Waals surface area contributed by atoms with Gasteiger partial charge in [-0.3, -0.25) is 0 Å². The molecule has 1 nitrogen and oxygen atoms in total. The molecule has 0 aromatic carbocycles. The first-order valence-electron chi connectivity index (χ1n) is 3.64. The monoisotopic (exact) mass is 144 g/mol. The fourth-order valence-electron chi connectivity index (χ4n) is 1.59. The molecule has 2 aliphatic heterocycles. The van der Waals surface area contributed by atoms with Gasteiger partial charge in [0.2, 0.25) is 0 Å². The number of hydrogen-bond acceptors (Lipinski definition) is 2. The van der Waals surface area contributed by atoms with Gasteiger partial charge in [-0.25, -0.2) is 0 Å². The minimum Gasteiger partial charge on any atom is -0.377 e. The third kappa shape index (κ3) is 1.24. The van der Waals surface area contributed by atoms with Gasteiger partial charge < -0.3 is 4.74 Å². The van der Waals surface area contributed by atoms with Gasteiger partial charge in [-0.05, 0) is 24.5 Å². The van der Waals surface area contributed by atoms with Crippen molar-refractivity contribution >= 4 is 11.8 Å². The molecule has 2 unspecified atom stereocenters. The topological polar surface area (TPSA) is 9.23 Å². The van der Waals surface area contributed by atoms with E-state index in [0.29, 0.717) is 6.10 Å². The van der Waals surface area contributed by atoms with Crippen LogP contribution in [0.4, 0.5) is 0 Å². The molecule has 0 aliphatic carbocycles. The molecule has 2 fully saturated rings. The van der Waals surface area contributed by atoms with Gasteiger partial charge in [0.05, 0.1) is 6.10 Å². The van der Waals surface area contributed by atoms with Gasteiger partial charge in [0, 0.05) is 12.4 Å². The highest BCUT2D eigenvalue weighted by molar-refractivity contribution is 7.99. The first kappa shape index (κ1) is 6.05. The SMILES string of the molecule is C1CC2CSCC(C2)O1. The van der Waals surface area contributed by atoms with Crippen LogP contribution in [-0.4, -0.2) is 24.2 Å². The fourth-order valence-corrected chi connectivity index (χ4v) is 2.86. The van der Waals surface area contributed by atoms with Crippen molar-refractivity contribution < 1.29 is 4.74 Å². The van der Waals surface area contributed by atoms with E-state index in [-0.39, 0.29) is 0 Å². The molecule has 2 aliphatic rings. The lowest BCUT2D eigenvalue weighted by Crippen LogP contribution is -2.32. The normalized spacial score (nSPS) is 42.7. The zero-order chi connectivity index (χ0) is 6.10. The van der Waals surface area contributed by atoms with Crippen LogP contribution in [-0.2, 0) is 4.74 Å². The van der Waals surface area contributed by atoms with E-state index in [1.54, 1.807) is 0 Å². The average Bonchev–Trinajstić information content (AvgIpc) is 1.88. The quantitative estimate of drug-likeness (QED) is 0.510. The Morgan fingerprint density at radius 1 is 1.33 bits per heavy atom. The summed E-state index contributed by atoms with van der Waals surface area (Å²) in [6.45, 7) is 1.02. The smallest absolute Gasteiger partial charge is 0.0668 e. The highest BCUT2D eigenvalue weighted by Gasteiger charge is 2.26. The number of hydrogen-bond donors (Lipinski definition) is 0. The maximum Gasteiger partial charge on any atom is 0.0668 e. The molecule has 2 saturated heterocycles. The Morgan fingerprint density at radius 2 is 2.33 bits per heavy atom. The molecule has 0 N–H and O–H groups in total. The van der Waals surface area contributed by atoms with Gasteiger partial charge in [-0.1, -0.05) is 0 Å². The summed E-state index contributed by atoms with van der Waals surface area (Å²) in [5.41, 5.74) is 0. The van der Waals surface area contributed by atoms with Crippen LogP contribution in [0.5, 0.6) is 0 Å². The van der Waals surface area contributed by atoms with Gasteiger partial charge in [0.15, 0.2) is 0 Å². The minimum absolute atomic E-state index is 0.613. The summed E-state index contributed by atoms with van der Waals surface area (Å²) in [7, 11) is 0. The van der Waals surface area contributed by atoms with Crippen molar-refractivity contribution in [2.75, 3.05) is 18.1 Å². The van der Waals surface area contributed by atoms with E-state index in [4.69, 9.17) is 4.74 Å². The van der Waals surface area contributed by atoms with E-state index in [2.05, 4.69) is 11.8 Å². The number of rotatable bonds is 0. The highest BCUT2D eigenvalue weighted by atomic mass is 32.2. The van der Waals surface area contributed by atoms with Gasteiger partial charge in [-0.15, -0.1) is 0 Å². The molecule has 0 amide bonds. The zero-order valence-electron chi connectivity index (χ0n) is 5.51. The molecule has 0 aromatic heterocycles. The minimum atomic E-state index is 0.613. The van der Waals surface area contributed by atoms with Crippen LogP contribution in [0.25, 0.3) is 0 Å².